The van der Waals surface area contributed by atoms with E-state index in [1.54, 1.807) is 12.1 Å². The molecule has 0 aromatic heterocycles. The lowest BCUT2D eigenvalue weighted by atomic mass is 9.94. The highest BCUT2D eigenvalue weighted by atomic mass is 16.5. The van der Waals surface area contributed by atoms with Gasteiger partial charge in [0, 0.05) is 17.9 Å². The van der Waals surface area contributed by atoms with Crippen molar-refractivity contribution >= 4 is 11.6 Å². The van der Waals surface area contributed by atoms with Gasteiger partial charge in [-0.1, -0.05) is 6.07 Å². The minimum absolute atomic E-state index is 0.0882. The average molecular weight is 248 g/mol. The number of rotatable bonds is 2. The molecule has 1 fully saturated rings. The highest BCUT2D eigenvalue weighted by Gasteiger charge is 2.29. The Morgan fingerprint density at radius 3 is 2.89 bits per heavy atom. The highest BCUT2D eigenvalue weighted by Crippen LogP contribution is 2.20. The largest absolute Gasteiger partial charge is 0.398 e. The molecule has 1 aliphatic rings. The van der Waals surface area contributed by atoms with Crippen molar-refractivity contribution in [2.45, 2.75) is 32.2 Å². The predicted octanol–water partition coefficient (Wildman–Crippen LogP) is 1.88. The van der Waals surface area contributed by atoms with Gasteiger partial charge in [0.05, 0.1) is 12.1 Å². The van der Waals surface area contributed by atoms with Gasteiger partial charge in [0.15, 0.2) is 0 Å². The predicted molar refractivity (Wildman–Crippen MR) is 71.5 cm³/mol. The minimum atomic E-state index is -0.269. The van der Waals surface area contributed by atoms with Crippen LogP contribution in [0.4, 0.5) is 5.69 Å². The fourth-order valence-electron chi connectivity index (χ4n) is 2.16. The molecule has 0 saturated carbocycles. The number of ether oxygens (including phenoxy) is 1. The Morgan fingerprint density at radius 1 is 1.50 bits per heavy atom. The third kappa shape index (κ3) is 2.82. The average Bonchev–Trinajstić information content (AvgIpc) is 2.33. The Kier molecular flexibility index (Phi) is 3.57. The maximum absolute atomic E-state index is 12.2. The van der Waals surface area contributed by atoms with E-state index in [1.807, 2.05) is 19.9 Å². The van der Waals surface area contributed by atoms with Crippen LogP contribution >= 0.6 is 0 Å². The SMILES string of the molecule is Cc1ccc(C(=O)NC2(C)CCCOC2)cc1N. The molecule has 18 heavy (non-hydrogen) atoms. The molecule has 1 atom stereocenters. The van der Waals surface area contributed by atoms with Crippen LogP contribution < -0.4 is 11.1 Å². The van der Waals surface area contributed by atoms with Crippen molar-refractivity contribution in [2.24, 2.45) is 0 Å². The smallest absolute Gasteiger partial charge is 0.251 e. The summed E-state index contributed by atoms with van der Waals surface area (Å²) in [6.45, 7) is 5.29. The first-order valence-corrected chi connectivity index (χ1v) is 6.27. The van der Waals surface area contributed by atoms with E-state index in [4.69, 9.17) is 10.5 Å². The van der Waals surface area contributed by atoms with E-state index < -0.39 is 0 Å². The Hall–Kier alpha value is -1.55. The van der Waals surface area contributed by atoms with E-state index in [2.05, 4.69) is 5.32 Å². The van der Waals surface area contributed by atoms with Crippen LogP contribution in [-0.4, -0.2) is 24.7 Å². The maximum atomic E-state index is 12.2. The Bertz CT molecular complexity index is 451. The number of carbonyl (C=O) groups excluding carboxylic acids is 1. The molecule has 1 unspecified atom stereocenters. The lowest BCUT2D eigenvalue weighted by Gasteiger charge is -2.34. The molecule has 4 nitrogen and oxygen atoms in total. The van der Waals surface area contributed by atoms with E-state index in [9.17, 15) is 4.79 Å². The summed E-state index contributed by atoms with van der Waals surface area (Å²) < 4.78 is 5.43. The molecule has 0 bridgehead atoms. The van der Waals surface area contributed by atoms with Crippen LogP contribution in [0.2, 0.25) is 0 Å². The van der Waals surface area contributed by atoms with Crippen LogP contribution in [0, 0.1) is 6.92 Å². The number of carbonyl (C=O) groups is 1. The van der Waals surface area contributed by atoms with Gasteiger partial charge in [-0.2, -0.15) is 0 Å². The van der Waals surface area contributed by atoms with Crippen LogP contribution in [0.15, 0.2) is 18.2 Å². The van der Waals surface area contributed by atoms with Gasteiger partial charge in [0.1, 0.15) is 0 Å². The second-order valence-corrected chi connectivity index (χ2v) is 5.24. The normalized spacial score (nSPS) is 23.7. The van der Waals surface area contributed by atoms with Gasteiger partial charge in [-0.3, -0.25) is 4.79 Å². The molecule has 2 rings (SSSR count). The molecular formula is C14H20N2O2. The number of nitrogens with two attached hydrogens (primary N) is 1. The number of hydrogen-bond donors (Lipinski definition) is 2. The molecule has 0 aliphatic carbocycles. The molecule has 1 amide bonds. The summed E-state index contributed by atoms with van der Waals surface area (Å²) in [5.41, 5.74) is 7.78. The van der Waals surface area contributed by atoms with Crippen molar-refractivity contribution in [1.82, 2.24) is 5.32 Å². The van der Waals surface area contributed by atoms with Crippen molar-refractivity contribution in [3.05, 3.63) is 29.3 Å². The second kappa shape index (κ2) is 4.98. The maximum Gasteiger partial charge on any atom is 0.251 e. The lowest BCUT2D eigenvalue weighted by molar-refractivity contribution is 0.0272. The van der Waals surface area contributed by atoms with Gasteiger partial charge in [0.2, 0.25) is 0 Å². The molecule has 1 aromatic carbocycles. The minimum Gasteiger partial charge on any atom is -0.398 e. The van der Waals surface area contributed by atoms with Crippen LogP contribution in [0.3, 0.4) is 0 Å². The van der Waals surface area contributed by atoms with Crippen molar-refractivity contribution < 1.29 is 9.53 Å². The number of nitrogen functional groups attached to an aromatic ring is 1. The summed E-state index contributed by atoms with van der Waals surface area (Å²) in [6, 6.07) is 5.38. The fourth-order valence-corrected chi connectivity index (χ4v) is 2.16. The summed E-state index contributed by atoms with van der Waals surface area (Å²) in [5, 5.41) is 3.04. The monoisotopic (exact) mass is 248 g/mol. The molecule has 1 aliphatic heterocycles. The quantitative estimate of drug-likeness (QED) is 0.785. The highest BCUT2D eigenvalue weighted by molar-refractivity contribution is 5.95. The number of anilines is 1. The molecule has 98 valence electrons. The van der Waals surface area contributed by atoms with Crippen LogP contribution in [0.1, 0.15) is 35.7 Å². The van der Waals surface area contributed by atoms with E-state index in [0.29, 0.717) is 17.9 Å². The molecule has 4 heteroatoms. The Morgan fingerprint density at radius 2 is 2.28 bits per heavy atom. The number of benzene rings is 1. The summed E-state index contributed by atoms with van der Waals surface area (Å²) in [4.78, 5) is 12.2. The molecule has 1 aromatic rings. The molecule has 1 heterocycles. The molecular weight excluding hydrogens is 228 g/mol. The van der Waals surface area contributed by atoms with Gasteiger partial charge in [-0.25, -0.2) is 0 Å². The Balaban J connectivity index is 2.09. The van der Waals surface area contributed by atoms with Gasteiger partial charge >= 0.3 is 0 Å². The number of nitrogens with one attached hydrogen (secondary N) is 1. The lowest BCUT2D eigenvalue weighted by Crippen LogP contribution is -2.51. The third-order valence-corrected chi connectivity index (χ3v) is 3.39. The zero-order chi connectivity index (χ0) is 13.2. The van der Waals surface area contributed by atoms with Gasteiger partial charge in [-0.15, -0.1) is 0 Å². The van der Waals surface area contributed by atoms with E-state index in [-0.39, 0.29) is 11.4 Å². The van der Waals surface area contributed by atoms with Crippen molar-refractivity contribution in [3.63, 3.8) is 0 Å². The van der Waals surface area contributed by atoms with Gasteiger partial charge in [-0.05, 0) is 44.4 Å². The molecule has 3 N–H and O–H groups in total. The van der Waals surface area contributed by atoms with Crippen molar-refractivity contribution in [2.75, 3.05) is 18.9 Å². The second-order valence-electron chi connectivity index (χ2n) is 5.24. The van der Waals surface area contributed by atoms with Crippen LogP contribution in [0.25, 0.3) is 0 Å². The van der Waals surface area contributed by atoms with Crippen molar-refractivity contribution in [1.29, 1.82) is 0 Å². The number of hydrogen-bond acceptors (Lipinski definition) is 3. The summed E-state index contributed by atoms with van der Waals surface area (Å²) in [7, 11) is 0. The fraction of sp³-hybridized carbons (Fsp3) is 0.500. The van der Waals surface area contributed by atoms with Gasteiger partial charge in [0.25, 0.3) is 5.91 Å². The van der Waals surface area contributed by atoms with Gasteiger partial charge < -0.3 is 15.8 Å². The standard InChI is InChI=1S/C14H20N2O2/c1-10-4-5-11(8-12(10)15)13(17)16-14(2)6-3-7-18-9-14/h4-5,8H,3,6-7,9,15H2,1-2H3,(H,16,17). The number of amides is 1. The molecule has 1 saturated heterocycles. The first-order chi connectivity index (χ1) is 8.50. The van der Waals surface area contributed by atoms with Crippen LogP contribution in [0.5, 0.6) is 0 Å². The van der Waals surface area contributed by atoms with Crippen molar-refractivity contribution in [3.8, 4) is 0 Å². The summed E-state index contributed by atoms with van der Waals surface area (Å²) in [5.74, 6) is -0.0882. The zero-order valence-electron chi connectivity index (χ0n) is 11.0. The topological polar surface area (TPSA) is 64.3 Å². The first kappa shape index (κ1) is 12.9. The number of aryl methyl sites for hydroxylation is 1. The third-order valence-electron chi connectivity index (χ3n) is 3.39. The molecule has 0 radical (unpaired) electrons. The summed E-state index contributed by atoms with van der Waals surface area (Å²) >= 11 is 0. The zero-order valence-corrected chi connectivity index (χ0v) is 11.0. The first-order valence-electron chi connectivity index (χ1n) is 6.27. The van der Waals surface area contributed by atoms with E-state index in [0.717, 1.165) is 25.0 Å². The summed E-state index contributed by atoms with van der Waals surface area (Å²) in [6.07, 6.45) is 1.92. The Labute approximate surface area is 108 Å². The van der Waals surface area contributed by atoms with E-state index in [1.165, 1.54) is 0 Å². The van der Waals surface area contributed by atoms with Crippen LogP contribution in [-0.2, 0) is 4.74 Å². The molecule has 0 spiro atoms. The van der Waals surface area contributed by atoms with E-state index >= 15 is 0 Å².